The fourth-order valence-corrected chi connectivity index (χ4v) is 1.60. The Kier molecular flexibility index (Phi) is 7.37. The Morgan fingerprint density at radius 1 is 1.13 bits per heavy atom. The van der Waals surface area contributed by atoms with Crippen molar-refractivity contribution in [2.45, 2.75) is 6.42 Å². The van der Waals surface area contributed by atoms with E-state index in [1.807, 2.05) is 11.6 Å². The number of rotatable bonds is 9. The Morgan fingerprint density at radius 2 is 1.87 bits per heavy atom. The Bertz CT molecular complexity index is 229. The van der Waals surface area contributed by atoms with E-state index in [0.29, 0.717) is 33.0 Å². The molecular weight excluding hydrogens is 214 g/mol. The van der Waals surface area contributed by atoms with Crippen molar-refractivity contribution in [1.29, 1.82) is 0 Å². The van der Waals surface area contributed by atoms with Gasteiger partial charge in [0.15, 0.2) is 0 Å². The topological polar surface area (TPSA) is 40.6 Å². The zero-order chi connectivity index (χ0) is 10.8. The lowest BCUT2D eigenvalue weighted by atomic mass is 10.5. The largest absolute Gasteiger partial charge is 0.382 e. The average Bonchev–Trinajstić information content (AvgIpc) is 2.75. The molecule has 1 rings (SSSR count). The summed E-state index contributed by atoms with van der Waals surface area (Å²) in [6.07, 6.45) is 2.70. The highest BCUT2D eigenvalue weighted by Crippen LogP contribution is 2.04. The van der Waals surface area contributed by atoms with Gasteiger partial charge in [-0.15, -0.1) is 11.3 Å². The van der Waals surface area contributed by atoms with Crippen LogP contribution in [0.2, 0.25) is 0 Å². The van der Waals surface area contributed by atoms with Crippen LogP contribution in [0.15, 0.2) is 11.6 Å². The molecule has 0 unspecified atom stereocenters. The summed E-state index contributed by atoms with van der Waals surface area (Å²) in [5, 5.41) is 3.10. The Morgan fingerprint density at radius 3 is 2.53 bits per heavy atom. The molecule has 5 heteroatoms. The van der Waals surface area contributed by atoms with Gasteiger partial charge in [-0.2, -0.15) is 0 Å². The minimum Gasteiger partial charge on any atom is -0.382 e. The van der Waals surface area contributed by atoms with E-state index in [1.165, 1.54) is 0 Å². The minimum absolute atomic E-state index is 0.626. The van der Waals surface area contributed by atoms with Crippen LogP contribution in [-0.2, 0) is 20.6 Å². The van der Waals surface area contributed by atoms with Crippen LogP contribution in [0.5, 0.6) is 0 Å². The van der Waals surface area contributed by atoms with Crippen LogP contribution in [0, 0.1) is 0 Å². The zero-order valence-electron chi connectivity index (χ0n) is 8.98. The number of hydrogen-bond acceptors (Lipinski definition) is 5. The van der Waals surface area contributed by atoms with Gasteiger partial charge in [0.1, 0.15) is 0 Å². The summed E-state index contributed by atoms with van der Waals surface area (Å²) >= 11 is 1.66. The molecular formula is C10H17NO3S. The van der Waals surface area contributed by atoms with Gasteiger partial charge in [-0.25, -0.2) is 4.98 Å². The van der Waals surface area contributed by atoms with Gasteiger partial charge in [-0.1, -0.05) is 0 Å². The molecule has 0 aliphatic carbocycles. The third-order valence-electron chi connectivity index (χ3n) is 1.75. The van der Waals surface area contributed by atoms with Crippen LogP contribution in [-0.4, -0.2) is 45.1 Å². The summed E-state index contributed by atoms with van der Waals surface area (Å²) in [6.45, 7) is 3.24. The van der Waals surface area contributed by atoms with E-state index in [2.05, 4.69) is 4.98 Å². The summed E-state index contributed by atoms with van der Waals surface area (Å²) in [5.41, 5.74) is 0. The third kappa shape index (κ3) is 6.57. The first-order valence-electron chi connectivity index (χ1n) is 4.96. The van der Waals surface area contributed by atoms with E-state index >= 15 is 0 Å². The number of thiazole rings is 1. The first-order chi connectivity index (χ1) is 7.43. The molecule has 0 aliphatic rings. The van der Waals surface area contributed by atoms with Crippen LogP contribution in [0.1, 0.15) is 5.01 Å². The van der Waals surface area contributed by atoms with Crippen molar-refractivity contribution >= 4 is 11.3 Å². The van der Waals surface area contributed by atoms with E-state index < -0.39 is 0 Å². The second kappa shape index (κ2) is 8.79. The molecule has 86 valence electrons. The van der Waals surface area contributed by atoms with Crippen molar-refractivity contribution in [2.75, 3.05) is 40.1 Å². The minimum atomic E-state index is 0.626. The first-order valence-corrected chi connectivity index (χ1v) is 5.84. The first kappa shape index (κ1) is 12.6. The van der Waals surface area contributed by atoms with Crippen molar-refractivity contribution in [3.63, 3.8) is 0 Å². The van der Waals surface area contributed by atoms with Gasteiger partial charge < -0.3 is 14.2 Å². The van der Waals surface area contributed by atoms with Crippen LogP contribution in [0.4, 0.5) is 0 Å². The molecule has 0 aliphatic heterocycles. The molecule has 0 saturated carbocycles. The predicted molar refractivity (Wildman–Crippen MR) is 59.3 cm³/mol. The predicted octanol–water partition coefficient (Wildman–Crippen LogP) is 1.37. The van der Waals surface area contributed by atoms with E-state index in [1.54, 1.807) is 18.4 Å². The smallest absolute Gasteiger partial charge is 0.0947 e. The standard InChI is InChI=1S/C10H17NO3S/c1-12-5-6-14-8-7-13-4-2-10-11-3-9-15-10/h3,9H,2,4-8H2,1H3. The number of ether oxygens (including phenoxy) is 3. The highest BCUT2D eigenvalue weighted by Gasteiger charge is 1.95. The van der Waals surface area contributed by atoms with Crippen molar-refractivity contribution in [3.8, 4) is 0 Å². The van der Waals surface area contributed by atoms with Gasteiger partial charge in [-0.3, -0.25) is 0 Å². The van der Waals surface area contributed by atoms with Crippen LogP contribution in [0.25, 0.3) is 0 Å². The molecule has 0 atom stereocenters. The van der Waals surface area contributed by atoms with Crippen molar-refractivity contribution in [3.05, 3.63) is 16.6 Å². The number of hydrogen-bond donors (Lipinski definition) is 0. The second-order valence-electron chi connectivity index (χ2n) is 2.89. The fourth-order valence-electron chi connectivity index (χ4n) is 1.00. The fraction of sp³-hybridized carbons (Fsp3) is 0.700. The molecule has 0 fully saturated rings. The van der Waals surface area contributed by atoms with Gasteiger partial charge >= 0.3 is 0 Å². The summed E-state index contributed by atoms with van der Waals surface area (Å²) in [4.78, 5) is 4.17. The molecule has 0 radical (unpaired) electrons. The molecule has 0 aromatic carbocycles. The van der Waals surface area contributed by atoms with Crippen molar-refractivity contribution in [1.82, 2.24) is 4.98 Å². The number of methoxy groups -OCH3 is 1. The molecule has 0 saturated heterocycles. The summed E-state index contributed by atoms with van der Waals surface area (Å²) < 4.78 is 15.5. The van der Waals surface area contributed by atoms with Gasteiger partial charge in [0.2, 0.25) is 0 Å². The lowest BCUT2D eigenvalue weighted by Crippen LogP contribution is -2.09. The lowest BCUT2D eigenvalue weighted by molar-refractivity contribution is 0.0255. The van der Waals surface area contributed by atoms with E-state index in [4.69, 9.17) is 14.2 Å². The van der Waals surface area contributed by atoms with E-state index in [9.17, 15) is 0 Å². The Labute approximate surface area is 94.2 Å². The molecule has 0 spiro atoms. The molecule has 4 nitrogen and oxygen atoms in total. The summed E-state index contributed by atoms with van der Waals surface area (Å²) in [6, 6.07) is 0. The Hall–Kier alpha value is -0.490. The molecule has 0 amide bonds. The monoisotopic (exact) mass is 231 g/mol. The maximum atomic E-state index is 5.39. The number of aromatic nitrogens is 1. The molecule has 0 N–H and O–H groups in total. The van der Waals surface area contributed by atoms with Crippen LogP contribution < -0.4 is 0 Å². The third-order valence-corrected chi connectivity index (χ3v) is 2.59. The molecule has 1 aromatic heterocycles. The van der Waals surface area contributed by atoms with Crippen molar-refractivity contribution < 1.29 is 14.2 Å². The van der Waals surface area contributed by atoms with Crippen molar-refractivity contribution in [2.24, 2.45) is 0 Å². The Balaban J connectivity index is 1.81. The molecule has 15 heavy (non-hydrogen) atoms. The van der Waals surface area contributed by atoms with Gasteiger partial charge in [-0.05, 0) is 0 Å². The lowest BCUT2D eigenvalue weighted by Gasteiger charge is -2.04. The quantitative estimate of drug-likeness (QED) is 0.602. The van der Waals surface area contributed by atoms with Gasteiger partial charge in [0.25, 0.3) is 0 Å². The van der Waals surface area contributed by atoms with Gasteiger partial charge in [0, 0.05) is 25.1 Å². The normalized spacial score (nSPS) is 10.7. The molecule has 0 bridgehead atoms. The van der Waals surface area contributed by atoms with Crippen LogP contribution >= 0.6 is 11.3 Å². The maximum Gasteiger partial charge on any atom is 0.0947 e. The van der Waals surface area contributed by atoms with Crippen LogP contribution in [0.3, 0.4) is 0 Å². The highest BCUT2D eigenvalue weighted by atomic mass is 32.1. The van der Waals surface area contributed by atoms with Gasteiger partial charge in [0.05, 0.1) is 38.0 Å². The SMILES string of the molecule is COCCOCCOCCc1nccs1. The maximum absolute atomic E-state index is 5.39. The highest BCUT2D eigenvalue weighted by molar-refractivity contribution is 7.09. The molecule has 1 aromatic rings. The summed E-state index contributed by atoms with van der Waals surface area (Å²) in [7, 11) is 1.66. The van der Waals surface area contributed by atoms with E-state index in [-0.39, 0.29) is 0 Å². The summed E-state index contributed by atoms with van der Waals surface area (Å²) in [5.74, 6) is 0. The second-order valence-corrected chi connectivity index (χ2v) is 3.87. The van der Waals surface area contributed by atoms with E-state index in [0.717, 1.165) is 11.4 Å². The molecule has 1 heterocycles. The average molecular weight is 231 g/mol. The number of nitrogens with zero attached hydrogens (tertiary/aromatic N) is 1. The zero-order valence-corrected chi connectivity index (χ0v) is 9.79.